The summed E-state index contributed by atoms with van der Waals surface area (Å²) in [6.45, 7) is 2.44. The summed E-state index contributed by atoms with van der Waals surface area (Å²) in [5.41, 5.74) is 2.71. The molecule has 1 N–H and O–H groups in total. The average molecular weight is 529 g/mol. The molecule has 0 saturated heterocycles. The zero-order chi connectivity index (χ0) is 26.1. The van der Waals surface area contributed by atoms with Gasteiger partial charge >= 0.3 is 0 Å². The number of carbonyl (C=O) groups is 2. The van der Waals surface area contributed by atoms with E-state index >= 15 is 0 Å². The number of halogens is 2. The molecule has 0 fully saturated rings. The second-order valence-corrected chi connectivity index (χ2v) is 9.23. The van der Waals surface area contributed by atoms with Gasteiger partial charge in [0.25, 0.3) is 0 Å². The summed E-state index contributed by atoms with van der Waals surface area (Å²) in [4.78, 5) is 27.9. The van der Waals surface area contributed by atoms with E-state index in [1.165, 1.54) is 0 Å². The molecule has 0 unspecified atom stereocenters. The van der Waals surface area contributed by atoms with Gasteiger partial charge in [0, 0.05) is 23.1 Å². The number of ether oxygens (including phenoxy) is 2. The van der Waals surface area contributed by atoms with Crippen molar-refractivity contribution in [3.8, 4) is 11.5 Å². The molecular formula is C28H30Cl2N2O4. The maximum atomic E-state index is 13.3. The van der Waals surface area contributed by atoms with E-state index in [1.54, 1.807) is 50.3 Å². The first-order valence-electron chi connectivity index (χ1n) is 11.6. The first-order valence-corrected chi connectivity index (χ1v) is 12.3. The van der Waals surface area contributed by atoms with E-state index < -0.39 is 6.04 Å². The Morgan fingerprint density at radius 1 is 0.833 bits per heavy atom. The van der Waals surface area contributed by atoms with Gasteiger partial charge in [-0.05, 0) is 66.4 Å². The minimum atomic E-state index is -0.675. The van der Waals surface area contributed by atoms with E-state index in [0.29, 0.717) is 34.5 Å². The lowest BCUT2D eigenvalue weighted by molar-refractivity contribution is -0.140. The summed E-state index contributed by atoms with van der Waals surface area (Å²) in [5, 5.41) is 4.17. The normalized spacial score (nSPS) is 11.5. The number of nitrogens with zero attached hydrogens (tertiary/aromatic N) is 1. The topological polar surface area (TPSA) is 67.9 Å². The molecule has 3 aromatic rings. The Balaban J connectivity index is 1.68. The number of hydrogen-bond acceptors (Lipinski definition) is 4. The van der Waals surface area contributed by atoms with Crippen molar-refractivity contribution >= 4 is 35.0 Å². The van der Waals surface area contributed by atoms with Crippen molar-refractivity contribution in [1.29, 1.82) is 0 Å². The minimum absolute atomic E-state index is 0.158. The highest BCUT2D eigenvalue weighted by Gasteiger charge is 2.26. The Hall–Kier alpha value is -3.22. The number of benzene rings is 3. The zero-order valence-corrected chi connectivity index (χ0v) is 22.1. The van der Waals surface area contributed by atoms with Crippen LogP contribution in [0.2, 0.25) is 10.0 Å². The van der Waals surface area contributed by atoms with Gasteiger partial charge in [0.15, 0.2) is 11.5 Å². The van der Waals surface area contributed by atoms with Gasteiger partial charge in [0.1, 0.15) is 6.04 Å². The standard InChI is InChI=1S/C28H30Cl2N2O4/c1-19(28(34)31-15-14-21-8-13-25(35-2)26(16-21)36-3)32(18-22-6-11-24(30)12-7-22)27(33)17-20-4-9-23(29)10-5-20/h4-13,16,19H,14-15,17-18H2,1-3H3,(H,31,34)/t19-/m1/s1. The molecule has 6 nitrogen and oxygen atoms in total. The molecule has 0 aliphatic rings. The van der Waals surface area contributed by atoms with Crippen molar-refractivity contribution in [3.63, 3.8) is 0 Å². The Morgan fingerprint density at radius 3 is 1.97 bits per heavy atom. The van der Waals surface area contributed by atoms with Crippen LogP contribution in [0.15, 0.2) is 66.7 Å². The number of nitrogens with one attached hydrogen (secondary N) is 1. The fraction of sp³-hybridized carbons (Fsp3) is 0.286. The average Bonchev–Trinajstić information content (AvgIpc) is 2.89. The van der Waals surface area contributed by atoms with Crippen LogP contribution in [-0.4, -0.2) is 43.5 Å². The van der Waals surface area contributed by atoms with Crippen LogP contribution < -0.4 is 14.8 Å². The molecule has 8 heteroatoms. The molecule has 2 amide bonds. The van der Waals surface area contributed by atoms with Crippen LogP contribution >= 0.6 is 23.2 Å². The second-order valence-electron chi connectivity index (χ2n) is 8.36. The van der Waals surface area contributed by atoms with E-state index in [1.807, 2.05) is 42.5 Å². The van der Waals surface area contributed by atoms with Crippen molar-refractivity contribution in [2.75, 3.05) is 20.8 Å². The Labute approximate surface area is 222 Å². The molecule has 0 heterocycles. The molecule has 0 radical (unpaired) electrons. The van der Waals surface area contributed by atoms with Gasteiger partial charge in [-0.15, -0.1) is 0 Å². The molecular weight excluding hydrogens is 499 g/mol. The van der Waals surface area contributed by atoms with Crippen LogP contribution in [0.4, 0.5) is 0 Å². The predicted octanol–water partition coefficient (Wildman–Crippen LogP) is 5.33. The molecule has 3 rings (SSSR count). The van der Waals surface area contributed by atoms with Gasteiger partial charge in [-0.3, -0.25) is 9.59 Å². The molecule has 0 bridgehead atoms. The van der Waals surface area contributed by atoms with Gasteiger partial charge in [-0.25, -0.2) is 0 Å². The quantitative estimate of drug-likeness (QED) is 0.365. The second kappa shape index (κ2) is 13.2. The van der Waals surface area contributed by atoms with Crippen LogP contribution in [0.1, 0.15) is 23.6 Å². The van der Waals surface area contributed by atoms with Gasteiger partial charge in [-0.2, -0.15) is 0 Å². The molecule has 190 valence electrons. The van der Waals surface area contributed by atoms with Crippen LogP contribution in [0, 0.1) is 0 Å². The zero-order valence-electron chi connectivity index (χ0n) is 20.6. The smallest absolute Gasteiger partial charge is 0.242 e. The lowest BCUT2D eigenvalue weighted by atomic mass is 10.1. The van der Waals surface area contributed by atoms with E-state index in [4.69, 9.17) is 32.7 Å². The highest BCUT2D eigenvalue weighted by molar-refractivity contribution is 6.30. The number of hydrogen-bond donors (Lipinski definition) is 1. The maximum Gasteiger partial charge on any atom is 0.242 e. The van der Waals surface area contributed by atoms with E-state index in [9.17, 15) is 9.59 Å². The minimum Gasteiger partial charge on any atom is -0.493 e. The molecule has 3 aromatic carbocycles. The predicted molar refractivity (Wildman–Crippen MR) is 143 cm³/mol. The van der Waals surface area contributed by atoms with Gasteiger partial charge in [0.2, 0.25) is 11.8 Å². The number of carbonyl (C=O) groups excluding carboxylic acids is 2. The first-order chi connectivity index (χ1) is 17.3. The highest BCUT2D eigenvalue weighted by atomic mass is 35.5. The molecule has 0 aromatic heterocycles. The van der Waals surface area contributed by atoms with Crippen LogP contribution in [-0.2, 0) is 29.0 Å². The van der Waals surface area contributed by atoms with Crippen LogP contribution in [0.3, 0.4) is 0 Å². The van der Waals surface area contributed by atoms with Crippen LogP contribution in [0.5, 0.6) is 11.5 Å². The largest absolute Gasteiger partial charge is 0.493 e. The number of amides is 2. The Kier molecular flexibility index (Phi) is 10.0. The maximum absolute atomic E-state index is 13.3. The summed E-state index contributed by atoms with van der Waals surface area (Å²) in [7, 11) is 3.17. The molecule has 0 aliphatic carbocycles. The lowest BCUT2D eigenvalue weighted by Crippen LogP contribution is -2.48. The van der Waals surface area contributed by atoms with E-state index in [-0.39, 0.29) is 24.8 Å². The molecule has 0 aliphatic heterocycles. The molecule has 36 heavy (non-hydrogen) atoms. The van der Waals surface area contributed by atoms with E-state index in [0.717, 1.165) is 16.7 Å². The summed E-state index contributed by atoms with van der Waals surface area (Å²) in [5.74, 6) is 0.899. The Bertz CT molecular complexity index is 1170. The van der Waals surface area contributed by atoms with Crippen molar-refractivity contribution in [2.24, 2.45) is 0 Å². The Morgan fingerprint density at radius 2 is 1.39 bits per heavy atom. The first kappa shape index (κ1) is 27.4. The summed E-state index contributed by atoms with van der Waals surface area (Å²) >= 11 is 12.0. The molecule has 0 spiro atoms. The lowest BCUT2D eigenvalue weighted by Gasteiger charge is -2.29. The van der Waals surface area contributed by atoms with Crippen molar-refractivity contribution in [3.05, 3.63) is 93.5 Å². The van der Waals surface area contributed by atoms with Gasteiger partial charge in [-0.1, -0.05) is 53.5 Å². The number of methoxy groups -OCH3 is 2. The van der Waals surface area contributed by atoms with Crippen molar-refractivity contribution < 1.29 is 19.1 Å². The summed E-state index contributed by atoms with van der Waals surface area (Å²) < 4.78 is 10.6. The third kappa shape index (κ3) is 7.64. The monoisotopic (exact) mass is 528 g/mol. The number of rotatable bonds is 11. The highest BCUT2D eigenvalue weighted by Crippen LogP contribution is 2.27. The summed E-state index contributed by atoms with van der Waals surface area (Å²) in [6.07, 6.45) is 0.767. The fourth-order valence-corrected chi connectivity index (χ4v) is 4.01. The van der Waals surface area contributed by atoms with Crippen molar-refractivity contribution in [1.82, 2.24) is 10.2 Å². The third-order valence-electron chi connectivity index (χ3n) is 5.86. The fourth-order valence-electron chi connectivity index (χ4n) is 3.76. The van der Waals surface area contributed by atoms with Crippen LogP contribution in [0.25, 0.3) is 0 Å². The molecule has 1 atom stereocenters. The van der Waals surface area contributed by atoms with Crippen molar-refractivity contribution in [2.45, 2.75) is 32.4 Å². The van der Waals surface area contributed by atoms with Gasteiger partial charge in [0.05, 0.1) is 20.6 Å². The van der Waals surface area contributed by atoms with E-state index in [2.05, 4.69) is 5.32 Å². The third-order valence-corrected chi connectivity index (χ3v) is 6.37. The summed E-state index contributed by atoms with van der Waals surface area (Å²) in [6, 6.07) is 19.3. The SMILES string of the molecule is COc1ccc(CCNC(=O)[C@@H](C)N(Cc2ccc(Cl)cc2)C(=O)Cc2ccc(Cl)cc2)cc1OC. The van der Waals surface area contributed by atoms with Gasteiger partial charge < -0.3 is 19.7 Å². The molecule has 0 saturated carbocycles.